The van der Waals surface area contributed by atoms with Crippen LogP contribution in [0.5, 0.6) is 5.75 Å². The lowest BCUT2D eigenvalue weighted by Crippen LogP contribution is -2.29. The SMILES string of the molecule is CC(=O)Oc1cccc(C2/C(=C(/O)c3ccc(Br)c(C)c3)C(=O)C(=O)N2c2cc(C)cc(C)c2)c1. The van der Waals surface area contributed by atoms with Crippen LogP contribution < -0.4 is 9.64 Å². The van der Waals surface area contributed by atoms with Crippen LogP contribution in [-0.4, -0.2) is 22.8 Å². The number of carbonyl (C=O) groups excluding carboxylic acids is 3. The summed E-state index contributed by atoms with van der Waals surface area (Å²) in [6.07, 6.45) is 0. The van der Waals surface area contributed by atoms with Crippen molar-refractivity contribution in [2.24, 2.45) is 0 Å². The molecule has 0 radical (unpaired) electrons. The van der Waals surface area contributed by atoms with Crippen LogP contribution in [0.15, 0.2) is 70.7 Å². The summed E-state index contributed by atoms with van der Waals surface area (Å²) < 4.78 is 6.10. The second kappa shape index (κ2) is 9.50. The molecule has 1 aliphatic heterocycles. The Morgan fingerprint density at radius 1 is 0.971 bits per heavy atom. The Hall–Kier alpha value is -3.71. The molecular weight excluding hydrogens is 510 g/mol. The van der Waals surface area contributed by atoms with Gasteiger partial charge in [-0.05, 0) is 79.4 Å². The molecule has 0 saturated carbocycles. The summed E-state index contributed by atoms with van der Waals surface area (Å²) in [4.78, 5) is 39.7. The van der Waals surface area contributed by atoms with Gasteiger partial charge in [-0.15, -0.1) is 0 Å². The lowest BCUT2D eigenvalue weighted by molar-refractivity contribution is -0.132. The molecule has 1 heterocycles. The van der Waals surface area contributed by atoms with Gasteiger partial charge in [-0.3, -0.25) is 19.3 Å². The highest BCUT2D eigenvalue weighted by atomic mass is 79.9. The Morgan fingerprint density at radius 3 is 2.29 bits per heavy atom. The van der Waals surface area contributed by atoms with Gasteiger partial charge in [0.15, 0.2) is 0 Å². The highest BCUT2D eigenvalue weighted by Crippen LogP contribution is 2.43. The van der Waals surface area contributed by atoms with Gasteiger partial charge < -0.3 is 9.84 Å². The lowest BCUT2D eigenvalue weighted by Gasteiger charge is -2.26. The predicted molar refractivity (Wildman–Crippen MR) is 137 cm³/mol. The molecule has 4 rings (SSSR count). The maximum Gasteiger partial charge on any atom is 0.308 e. The van der Waals surface area contributed by atoms with Crippen molar-refractivity contribution in [3.05, 3.63) is 98.5 Å². The van der Waals surface area contributed by atoms with Crippen molar-refractivity contribution in [1.29, 1.82) is 0 Å². The zero-order chi connectivity index (χ0) is 25.4. The molecule has 6 nitrogen and oxygen atoms in total. The summed E-state index contributed by atoms with van der Waals surface area (Å²) in [5.41, 5.74) is 4.18. The summed E-state index contributed by atoms with van der Waals surface area (Å²) in [5.74, 6) is -2.01. The van der Waals surface area contributed by atoms with E-state index in [2.05, 4.69) is 15.9 Å². The second-order valence-electron chi connectivity index (χ2n) is 8.65. The third-order valence-corrected chi connectivity index (χ3v) is 6.69. The van der Waals surface area contributed by atoms with Gasteiger partial charge in [-0.2, -0.15) is 0 Å². The first kappa shape index (κ1) is 24.4. The molecule has 35 heavy (non-hydrogen) atoms. The van der Waals surface area contributed by atoms with Gasteiger partial charge in [-0.1, -0.05) is 40.2 Å². The van der Waals surface area contributed by atoms with Gasteiger partial charge in [-0.25, -0.2) is 0 Å². The second-order valence-corrected chi connectivity index (χ2v) is 9.50. The fourth-order valence-electron chi connectivity index (χ4n) is 4.37. The molecule has 1 aliphatic rings. The highest BCUT2D eigenvalue weighted by Gasteiger charge is 2.47. The number of Topliss-reactive ketones (excluding diaryl/α,β-unsaturated/α-hetero) is 1. The number of amides is 1. The number of benzene rings is 3. The average Bonchev–Trinajstić information content (AvgIpc) is 3.05. The molecule has 1 unspecified atom stereocenters. The average molecular weight is 534 g/mol. The lowest BCUT2D eigenvalue weighted by atomic mass is 9.94. The first-order valence-corrected chi connectivity index (χ1v) is 11.8. The van der Waals surface area contributed by atoms with Crippen LogP contribution in [0.3, 0.4) is 0 Å². The molecule has 1 saturated heterocycles. The van der Waals surface area contributed by atoms with Gasteiger partial charge in [0.2, 0.25) is 0 Å². The third kappa shape index (κ3) is 4.77. The minimum absolute atomic E-state index is 0.0316. The number of rotatable bonds is 4. The number of hydrogen-bond donors (Lipinski definition) is 1. The van der Waals surface area contributed by atoms with Crippen molar-refractivity contribution in [2.75, 3.05) is 4.90 Å². The van der Waals surface area contributed by atoms with Crippen LogP contribution in [-0.2, 0) is 14.4 Å². The number of ketones is 1. The topological polar surface area (TPSA) is 83.9 Å². The van der Waals surface area contributed by atoms with E-state index >= 15 is 0 Å². The quantitative estimate of drug-likeness (QED) is 0.148. The summed E-state index contributed by atoms with van der Waals surface area (Å²) in [6.45, 7) is 6.99. The fourth-order valence-corrected chi connectivity index (χ4v) is 4.61. The molecule has 3 aromatic rings. The van der Waals surface area contributed by atoms with E-state index in [0.717, 1.165) is 21.2 Å². The molecule has 0 aliphatic carbocycles. The van der Waals surface area contributed by atoms with E-state index in [9.17, 15) is 19.5 Å². The summed E-state index contributed by atoms with van der Waals surface area (Å²) in [6, 6.07) is 16.5. The largest absolute Gasteiger partial charge is 0.507 e. The van der Waals surface area contributed by atoms with Gasteiger partial charge in [0, 0.05) is 22.6 Å². The van der Waals surface area contributed by atoms with Crippen LogP contribution in [0.25, 0.3) is 5.76 Å². The molecule has 1 N–H and O–H groups in total. The van der Waals surface area contributed by atoms with Crippen LogP contribution in [0.1, 0.15) is 40.8 Å². The number of aliphatic hydroxyl groups is 1. The Morgan fingerprint density at radius 2 is 1.66 bits per heavy atom. The van der Waals surface area contributed by atoms with E-state index in [1.165, 1.54) is 11.8 Å². The van der Waals surface area contributed by atoms with Crippen molar-refractivity contribution in [3.8, 4) is 5.75 Å². The first-order chi connectivity index (χ1) is 16.6. The van der Waals surface area contributed by atoms with Crippen LogP contribution >= 0.6 is 15.9 Å². The van der Waals surface area contributed by atoms with Crippen molar-refractivity contribution < 1.29 is 24.2 Å². The van der Waals surface area contributed by atoms with Gasteiger partial charge >= 0.3 is 5.97 Å². The van der Waals surface area contributed by atoms with E-state index < -0.39 is 23.7 Å². The zero-order valence-electron chi connectivity index (χ0n) is 19.8. The third-order valence-electron chi connectivity index (χ3n) is 5.80. The summed E-state index contributed by atoms with van der Waals surface area (Å²) in [7, 11) is 0. The number of hydrogen-bond acceptors (Lipinski definition) is 5. The van der Waals surface area contributed by atoms with E-state index in [1.807, 2.05) is 39.0 Å². The number of aliphatic hydroxyl groups excluding tert-OH is 1. The van der Waals surface area contributed by atoms with Crippen molar-refractivity contribution in [1.82, 2.24) is 0 Å². The van der Waals surface area contributed by atoms with E-state index in [0.29, 0.717) is 16.8 Å². The van der Waals surface area contributed by atoms with Crippen LogP contribution in [0.4, 0.5) is 5.69 Å². The van der Waals surface area contributed by atoms with E-state index in [1.54, 1.807) is 42.5 Å². The standard InChI is InChI=1S/C28H24BrNO5/c1-15-10-16(2)12-21(11-15)30-25(19-6-5-7-22(14-19)35-18(4)31)24(27(33)28(30)34)26(32)20-8-9-23(29)17(3)13-20/h5-14,25,32H,1-4H3/b26-24-. The summed E-state index contributed by atoms with van der Waals surface area (Å²) in [5, 5.41) is 11.3. The van der Waals surface area contributed by atoms with Crippen molar-refractivity contribution >= 4 is 45.0 Å². The molecule has 7 heteroatoms. The van der Waals surface area contributed by atoms with Gasteiger partial charge in [0.05, 0.1) is 11.6 Å². The number of ether oxygens (including phenoxy) is 1. The molecule has 1 fully saturated rings. The first-order valence-electron chi connectivity index (χ1n) is 11.0. The molecule has 178 valence electrons. The van der Waals surface area contributed by atoms with Gasteiger partial charge in [0.25, 0.3) is 11.7 Å². The zero-order valence-corrected chi connectivity index (χ0v) is 21.3. The highest BCUT2D eigenvalue weighted by molar-refractivity contribution is 9.10. The molecule has 3 aromatic carbocycles. The van der Waals surface area contributed by atoms with Crippen molar-refractivity contribution in [2.45, 2.75) is 33.7 Å². The summed E-state index contributed by atoms with van der Waals surface area (Å²) >= 11 is 3.44. The minimum atomic E-state index is -0.921. The molecular formula is C28H24BrNO5. The predicted octanol–water partition coefficient (Wildman–Crippen LogP) is 5.93. The Bertz CT molecular complexity index is 1390. The van der Waals surface area contributed by atoms with Crippen molar-refractivity contribution in [3.63, 3.8) is 0 Å². The van der Waals surface area contributed by atoms with Gasteiger partial charge in [0.1, 0.15) is 11.5 Å². The Labute approximate surface area is 212 Å². The number of aryl methyl sites for hydroxylation is 3. The minimum Gasteiger partial charge on any atom is -0.507 e. The molecule has 0 aromatic heterocycles. The van der Waals surface area contributed by atoms with Crippen LogP contribution in [0, 0.1) is 20.8 Å². The fraction of sp³-hybridized carbons (Fsp3) is 0.179. The molecule has 0 bridgehead atoms. The van der Waals surface area contributed by atoms with E-state index in [-0.39, 0.29) is 17.1 Å². The number of anilines is 1. The number of halogens is 1. The number of carbonyl (C=O) groups is 3. The maximum absolute atomic E-state index is 13.4. The monoisotopic (exact) mass is 533 g/mol. The number of esters is 1. The Kier molecular flexibility index (Phi) is 6.63. The molecule has 0 spiro atoms. The van der Waals surface area contributed by atoms with E-state index in [4.69, 9.17) is 4.74 Å². The number of nitrogens with zero attached hydrogens (tertiary/aromatic N) is 1. The maximum atomic E-state index is 13.4. The normalized spacial score (nSPS) is 17.1. The van der Waals surface area contributed by atoms with Crippen LogP contribution in [0.2, 0.25) is 0 Å². The smallest absolute Gasteiger partial charge is 0.308 e. The molecule has 1 atom stereocenters. The molecule has 1 amide bonds. The Balaban J connectivity index is 1.97.